The Morgan fingerprint density at radius 1 is 1.38 bits per heavy atom. The third-order valence-corrected chi connectivity index (χ3v) is 5.33. The fourth-order valence-electron chi connectivity index (χ4n) is 3.64. The molecule has 1 amide bonds. The second kappa shape index (κ2) is 6.95. The summed E-state index contributed by atoms with van der Waals surface area (Å²) in [5.74, 6) is 0.395. The highest BCUT2D eigenvalue weighted by Gasteiger charge is 2.62. The molecule has 13 heteroatoms. The van der Waals surface area contributed by atoms with Gasteiger partial charge in [-0.2, -0.15) is 18.3 Å². The fourth-order valence-corrected chi connectivity index (χ4v) is 3.64. The number of alkyl halides is 3. The van der Waals surface area contributed by atoms with Gasteiger partial charge in [0.2, 0.25) is 5.60 Å². The predicted molar refractivity (Wildman–Crippen MR) is 101 cm³/mol. The summed E-state index contributed by atoms with van der Waals surface area (Å²) in [6, 6.07) is 4.79. The van der Waals surface area contributed by atoms with Crippen LogP contribution in [0.3, 0.4) is 0 Å². The third-order valence-electron chi connectivity index (χ3n) is 5.33. The van der Waals surface area contributed by atoms with Gasteiger partial charge >= 0.3 is 6.18 Å². The first-order valence-corrected chi connectivity index (χ1v) is 9.62. The largest absolute Gasteiger partial charge is 0.491 e. The van der Waals surface area contributed by atoms with Gasteiger partial charge in [0.1, 0.15) is 48.6 Å². The number of aromatic nitrogens is 5. The molecule has 0 saturated heterocycles. The van der Waals surface area contributed by atoms with E-state index < -0.39 is 30.3 Å². The van der Waals surface area contributed by atoms with Crippen LogP contribution in [0.1, 0.15) is 6.42 Å². The van der Waals surface area contributed by atoms with Crippen LogP contribution < -0.4 is 15.2 Å². The summed E-state index contributed by atoms with van der Waals surface area (Å²) in [5.41, 5.74) is 4.71. The Morgan fingerprint density at radius 2 is 2.16 bits per heavy atom. The van der Waals surface area contributed by atoms with Crippen LogP contribution in [-0.4, -0.2) is 59.8 Å². The van der Waals surface area contributed by atoms with Gasteiger partial charge < -0.3 is 24.9 Å². The third kappa shape index (κ3) is 3.43. The highest BCUT2D eigenvalue weighted by molar-refractivity contribution is 5.88. The average Bonchev–Trinajstić information content (AvgIpc) is 3.03. The Kier molecular flexibility index (Phi) is 4.41. The maximum absolute atomic E-state index is 12.8. The number of carbonyl (C=O) groups excluding carboxylic acids is 1. The second-order valence-corrected chi connectivity index (χ2v) is 7.58. The number of carbonyl (C=O) groups is 1. The van der Waals surface area contributed by atoms with E-state index in [1.165, 1.54) is 0 Å². The standard InChI is InChI=1S/C19H17F3N6O4/c20-19(21,22)8-28-16(24-9-25-28)12-7-27-3-4-31-13-5-10(1-2-11(13)15(27)26-12)32-18(17(23)30)6-14(18)29/h1-2,5,7,9,14,29H,3-4,6,8H2,(H2,23,30). The number of amides is 1. The molecular weight excluding hydrogens is 433 g/mol. The van der Waals surface area contributed by atoms with Crippen molar-refractivity contribution < 1.29 is 32.5 Å². The van der Waals surface area contributed by atoms with E-state index in [-0.39, 0.29) is 30.3 Å². The molecule has 2 atom stereocenters. The van der Waals surface area contributed by atoms with Crippen LogP contribution in [0.25, 0.3) is 22.9 Å². The van der Waals surface area contributed by atoms with Crippen LogP contribution in [0.5, 0.6) is 11.5 Å². The lowest BCUT2D eigenvalue weighted by Gasteiger charge is -2.16. The number of fused-ring (bicyclic) bond motifs is 3. The summed E-state index contributed by atoms with van der Waals surface area (Å²) >= 11 is 0. The summed E-state index contributed by atoms with van der Waals surface area (Å²) in [6.07, 6.45) is -2.68. The Morgan fingerprint density at radius 3 is 2.84 bits per heavy atom. The summed E-state index contributed by atoms with van der Waals surface area (Å²) in [4.78, 5) is 20.1. The van der Waals surface area contributed by atoms with Crippen molar-refractivity contribution in [3.05, 3.63) is 30.7 Å². The highest BCUT2D eigenvalue weighted by atomic mass is 19.4. The minimum atomic E-state index is -4.45. The maximum atomic E-state index is 12.8. The summed E-state index contributed by atoms with van der Waals surface area (Å²) < 4.78 is 52.4. The van der Waals surface area contributed by atoms with Gasteiger partial charge in [0, 0.05) is 18.7 Å². The van der Waals surface area contributed by atoms with E-state index in [1.807, 2.05) is 0 Å². The van der Waals surface area contributed by atoms with Crippen molar-refractivity contribution in [2.75, 3.05) is 6.61 Å². The van der Waals surface area contributed by atoms with Crippen molar-refractivity contribution in [1.82, 2.24) is 24.3 Å². The Hall–Kier alpha value is -3.61. The Labute approximate surface area is 178 Å². The normalized spacial score (nSPS) is 21.8. The summed E-state index contributed by atoms with van der Waals surface area (Å²) in [5, 5.41) is 13.4. The van der Waals surface area contributed by atoms with E-state index in [1.54, 1.807) is 29.0 Å². The molecule has 5 rings (SSSR count). The number of primary amides is 1. The fraction of sp³-hybridized carbons (Fsp3) is 0.368. The van der Waals surface area contributed by atoms with Crippen molar-refractivity contribution in [1.29, 1.82) is 0 Å². The lowest BCUT2D eigenvalue weighted by atomic mass is 10.1. The zero-order chi connectivity index (χ0) is 22.7. The minimum absolute atomic E-state index is 0.00330. The molecule has 3 N–H and O–H groups in total. The van der Waals surface area contributed by atoms with Crippen molar-refractivity contribution in [2.45, 2.75) is 37.4 Å². The van der Waals surface area contributed by atoms with Gasteiger partial charge in [-0.05, 0) is 12.1 Å². The molecule has 2 unspecified atom stereocenters. The first-order chi connectivity index (χ1) is 15.2. The van der Waals surface area contributed by atoms with Crippen molar-refractivity contribution in [3.8, 4) is 34.4 Å². The van der Waals surface area contributed by atoms with Crippen molar-refractivity contribution in [2.24, 2.45) is 5.73 Å². The molecule has 168 valence electrons. The van der Waals surface area contributed by atoms with Crippen LogP contribution in [0.4, 0.5) is 13.2 Å². The molecule has 32 heavy (non-hydrogen) atoms. The molecule has 2 aliphatic rings. The molecule has 2 aromatic heterocycles. The average molecular weight is 450 g/mol. The number of imidazole rings is 1. The number of benzene rings is 1. The topological polar surface area (TPSA) is 130 Å². The number of hydrogen-bond donors (Lipinski definition) is 2. The summed E-state index contributed by atoms with van der Waals surface area (Å²) in [6.45, 7) is -0.624. The first kappa shape index (κ1) is 20.3. The van der Waals surface area contributed by atoms with E-state index in [9.17, 15) is 23.1 Å². The number of hydrogen-bond acceptors (Lipinski definition) is 7. The monoisotopic (exact) mass is 450 g/mol. The SMILES string of the molecule is NC(=O)C1(Oc2ccc3c(c2)OCCn2cc(-c4ncnn4CC(F)(F)F)nc2-3)CC1O. The van der Waals surface area contributed by atoms with Gasteiger partial charge in [-0.15, -0.1) is 0 Å². The number of aliphatic hydroxyl groups is 1. The second-order valence-electron chi connectivity index (χ2n) is 7.58. The van der Waals surface area contributed by atoms with E-state index in [2.05, 4.69) is 15.1 Å². The number of ether oxygens (including phenoxy) is 2. The molecule has 1 aromatic carbocycles. The highest BCUT2D eigenvalue weighted by Crippen LogP contribution is 2.43. The van der Waals surface area contributed by atoms with Crippen LogP contribution in [-0.2, 0) is 17.9 Å². The molecular formula is C19H17F3N6O4. The van der Waals surface area contributed by atoms with Crippen LogP contribution in [0.2, 0.25) is 0 Å². The van der Waals surface area contributed by atoms with Crippen LogP contribution >= 0.6 is 0 Å². The molecule has 3 aromatic rings. The van der Waals surface area contributed by atoms with Gasteiger partial charge in [-0.25, -0.2) is 14.6 Å². The van der Waals surface area contributed by atoms with Gasteiger partial charge in [0.25, 0.3) is 5.91 Å². The number of halogens is 3. The van der Waals surface area contributed by atoms with Gasteiger partial charge in [0.15, 0.2) is 5.82 Å². The smallest absolute Gasteiger partial charge is 0.408 e. The van der Waals surface area contributed by atoms with E-state index in [0.717, 1.165) is 11.0 Å². The minimum Gasteiger partial charge on any atom is -0.491 e. The number of rotatable bonds is 5. The Balaban J connectivity index is 1.48. The number of nitrogens with two attached hydrogens (primary N) is 1. The molecule has 1 aliphatic heterocycles. The van der Waals surface area contributed by atoms with Gasteiger partial charge in [0.05, 0.1) is 12.1 Å². The summed E-state index contributed by atoms with van der Waals surface area (Å²) in [7, 11) is 0. The van der Waals surface area contributed by atoms with Crippen molar-refractivity contribution in [3.63, 3.8) is 0 Å². The van der Waals surface area contributed by atoms with E-state index >= 15 is 0 Å². The lowest BCUT2D eigenvalue weighted by molar-refractivity contribution is -0.142. The first-order valence-electron chi connectivity index (χ1n) is 9.62. The molecule has 0 bridgehead atoms. The van der Waals surface area contributed by atoms with Crippen molar-refractivity contribution >= 4 is 5.91 Å². The molecule has 10 nitrogen and oxygen atoms in total. The Bertz CT molecular complexity index is 1210. The predicted octanol–water partition coefficient (Wildman–Crippen LogP) is 1.13. The lowest BCUT2D eigenvalue weighted by Crippen LogP contribution is -2.39. The van der Waals surface area contributed by atoms with Crippen LogP contribution in [0.15, 0.2) is 30.7 Å². The molecule has 1 fully saturated rings. The molecule has 3 heterocycles. The zero-order valence-electron chi connectivity index (χ0n) is 16.4. The van der Waals surface area contributed by atoms with E-state index in [0.29, 0.717) is 23.7 Å². The molecule has 0 radical (unpaired) electrons. The van der Waals surface area contributed by atoms with Gasteiger partial charge in [-0.1, -0.05) is 0 Å². The van der Waals surface area contributed by atoms with Crippen LogP contribution in [0, 0.1) is 0 Å². The molecule has 1 aliphatic carbocycles. The zero-order valence-corrected chi connectivity index (χ0v) is 16.4. The number of aliphatic hydroxyl groups excluding tert-OH is 1. The van der Waals surface area contributed by atoms with E-state index in [4.69, 9.17) is 15.2 Å². The quantitative estimate of drug-likeness (QED) is 0.596. The molecule has 1 saturated carbocycles. The maximum Gasteiger partial charge on any atom is 0.408 e. The number of nitrogens with zero attached hydrogens (tertiary/aromatic N) is 5. The molecule has 0 spiro atoms. The van der Waals surface area contributed by atoms with Gasteiger partial charge in [-0.3, -0.25) is 4.79 Å².